The van der Waals surface area contributed by atoms with Crippen molar-refractivity contribution in [1.82, 2.24) is 4.90 Å². The molecule has 6 heteroatoms. The van der Waals surface area contributed by atoms with Crippen molar-refractivity contribution in [2.75, 3.05) is 45.3 Å². The maximum absolute atomic E-state index is 11.6. The maximum Gasteiger partial charge on any atom is 0.409 e. The smallest absolute Gasteiger partial charge is 0.409 e. The van der Waals surface area contributed by atoms with Crippen molar-refractivity contribution in [3.05, 3.63) is 48.5 Å². The van der Waals surface area contributed by atoms with Gasteiger partial charge >= 0.3 is 6.09 Å². The molecule has 1 amide bonds. The Hall–Kier alpha value is -2.34. The molecule has 1 aliphatic rings. The molecule has 2 aromatic carbocycles. The molecule has 0 aromatic heterocycles. The van der Waals surface area contributed by atoms with Gasteiger partial charge in [-0.05, 0) is 36.4 Å². The number of piperazine rings is 1. The lowest BCUT2D eigenvalue weighted by Gasteiger charge is -2.35. The van der Waals surface area contributed by atoms with Gasteiger partial charge in [0, 0.05) is 41.7 Å². The number of anilines is 1. The summed E-state index contributed by atoms with van der Waals surface area (Å²) in [6, 6.07) is 16.5. The lowest BCUT2D eigenvalue weighted by atomic mass is 10.2. The first-order valence-corrected chi connectivity index (χ1v) is 9.01. The maximum atomic E-state index is 11.6. The molecule has 0 radical (unpaired) electrons. The number of benzene rings is 2. The molecule has 0 unspecified atom stereocenters. The van der Waals surface area contributed by atoms with Gasteiger partial charge in [0.1, 0.15) is 5.75 Å². The third-order valence-electron chi connectivity index (χ3n) is 4.17. The number of amides is 1. The molecule has 1 saturated heterocycles. The van der Waals surface area contributed by atoms with Gasteiger partial charge in [-0.3, -0.25) is 0 Å². The summed E-state index contributed by atoms with van der Waals surface area (Å²) < 4.78 is 10.1. The largest absolute Gasteiger partial charge is 0.497 e. The molecule has 0 saturated carbocycles. The highest BCUT2D eigenvalue weighted by Gasteiger charge is 2.21. The monoisotopic (exact) mass is 358 g/mol. The van der Waals surface area contributed by atoms with Crippen LogP contribution >= 0.6 is 11.8 Å². The van der Waals surface area contributed by atoms with Gasteiger partial charge in [-0.1, -0.05) is 23.9 Å². The van der Waals surface area contributed by atoms with E-state index in [-0.39, 0.29) is 6.09 Å². The van der Waals surface area contributed by atoms with Crippen LogP contribution in [-0.2, 0) is 4.74 Å². The number of carbonyl (C=O) groups is 1. The summed E-state index contributed by atoms with van der Waals surface area (Å²) in [6.45, 7) is 2.98. The predicted octanol–water partition coefficient (Wildman–Crippen LogP) is 3.73. The van der Waals surface area contributed by atoms with Crippen LogP contribution in [0.5, 0.6) is 5.75 Å². The summed E-state index contributed by atoms with van der Waals surface area (Å²) >= 11 is 1.71. The van der Waals surface area contributed by atoms with Crippen LogP contribution in [0.25, 0.3) is 0 Å². The molecule has 0 aliphatic carbocycles. The molecule has 0 spiro atoms. The van der Waals surface area contributed by atoms with Gasteiger partial charge in [0.05, 0.1) is 14.2 Å². The second kappa shape index (κ2) is 8.16. The van der Waals surface area contributed by atoms with Crippen molar-refractivity contribution < 1.29 is 14.3 Å². The van der Waals surface area contributed by atoms with Crippen LogP contribution in [0.1, 0.15) is 0 Å². The lowest BCUT2D eigenvalue weighted by Crippen LogP contribution is -2.48. The Morgan fingerprint density at radius 1 is 0.960 bits per heavy atom. The van der Waals surface area contributed by atoms with Gasteiger partial charge in [0.2, 0.25) is 0 Å². The molecule has 1 fully saturated rings. The fourth-order valence-electron chi connectivity index (χ4n) is 2.82. The number of ether oxygens (including phenoxy) is 2. The first-order chi connectivity index (χ1) is 12.2. The second-order valence-corrected chi connectivity index (χ2v) is 6.87. The summed E-state index contributed by atoms with van der Waals surface area (Å²) in [5.74, 6) is 0.861. The SMILES string of the molecule is COC(=O)N1CCN(c2cccc(Sc3cccc(OC)c3)c2)CC1. The first kappa shape index (κ1) is 17.5. The van der Waals surface area contributed by atoms with E-state index >= 15 is 0 Å². The third-order valence-corrected chi connectivity index (χ3v) is 5.15. The van der Waals surface area contributed by atoms with Crippen molar-refractivity contribution in [3.63, 3.8) is 0 Å². The van der Waals surface area contributed by atoms with Gasteiger partial charge in [0.25, 0.3) is 0 Å². The Balaban J connectivity index is 1.66. The molecule has 0 bridgehead atoms. The van der Waals surface area contributed by atoms with Gasteiger partial charge in [0.15, 0.2) is 0 Å². The van der Waals surface area contributed by atoms with E-state index in [4.69, 9.17) is 9.47 Å². The van der Waals surface area contributed by atoms with Gasteiger partial charge in [-0.25, -0.2) is 4.79 Å². The van der Waals surface area contributed by atoms with Crippen molar-refractivity contribution >= 4 is 23.5 Å². The van der Waals surface area contributed by atoms with Crippen molar-refractivity contribution in [2.24, 2.45) is 0 Å². The molecule has 1 heterocycles. The van der Waals surface area contributed by atoms with E-state index in [1.807, 2.05) is 18.2 Å². The van der Waals surface area contributed by atoms with Gasteiger partial charge in [-0.15, -0.1) is 0 Å². The highest BCUT2D eigenvalue weighted by Crippen LogP contribution is 2.32. The Kier molecular flexibility index (Phi) is 5.71. The number of nitrogens with zero attached hydrogens (tertiary/aromatic N) is 2. The van der Waals surface area contributed by atoms with E-state index in [0.29, 0.717) is 13.1 Å². The summed E-state index contributed by atoms with van der Waals surface area (Å²) in [4.78, 5) is 18.0. The van der Waals surface area contributed by atoms with Crippen molar-refractivity contribution in [3.8, 4) is 5.75 Å². The Morgan fingerprint density at radius 2 is 1.64 bits per heavy atom. The summed E-state index contributed by atoms with van der Waals surface area (Å²) in [5.41, 5.74) is 1.18. The minimum Gasteiger partial charge on any atom is -0.497 e. The van der Waals surface area contributed by atoms with E-state index in [1.54, 1.807) is 23.8 Å². The highest BCUT2D eigenvalue weighted by atomic mass is 32.2. The predicted molar refractivity (Wildman–Crippen MR) is 99.8 cm³/mol. The number of hydrogen-bond acceptors (Lipinski definition) is 5. The summed E-state index contributed by atoms with van der Waals surface area (Å²) in [6.07, 6.45) is -0.248. The van der Waals surface area contributed by atoms with Crippen LogP contribution in [0.2, 0.25) is 0 Å². The topological polar surface area (TPSA) is 42.0 Å². The van der Waals surface area contributed by atoms with Crippen LogP contribution in [0.3, 0.4) is 0 Å². The molecule has 2 aromatic rings. The normalized spacial score (nSPS) is 14.3. The van der Waals surface area contributed by atoms with E-state index in [0.717, 1.165) is 23.7 Å². The fourth-order valence-corrected chi connectivity index (χ4v) is 3.74. The van der Waals surface area contributed by atoms with Gasteiger partial charge < -0.3 is 19.3 Å². The zero-order valence-electron chi connectivity index (χ0n) is 14.5. The molecule has 0 atom stereocenters. The average Bonchev–Trinajstić information content (AvgIpc) is 2.68. The molecule has 132 valence electrons. The van der Waals surface area contributed by atoms with E-state index in [2.05, 4.69) is 35.2 Å². The molecular formula is C19H22N2O3S. The number of methoxy groups -OCH3 is 2. The zero-order chi connectivity index (χ0) is 17.6. The standard InChI is InChI=1S/C19H22N2O3S/c1-23-16-6-4-8-18(14-16)25-17-7-3-5-15(13-17)20-9-11-21(12-10-20)19(22)24-2/h3-8,13-14H,9-12H2,1-2H3. The highest BCUT2D eigenvalue weighted by molar-refractivity contribution is 7.99. The van der Waals surface area contributed by atoms with E-state index in [1.165, 1.54) is 17.7 Å². The minimum atomic E-state index is -0.248. The Bertz CT molecular complexity index is 730. The number of rotatable bonds is 4. The second-order valence-electron chi connectivity index (χ2n) is 5.72. The van der Waals surface area contributed by atoms with Crippen LogP contribution in [-0.4, -0.2) is 51.4 Å². The molecule has 1 aliphatic heterocycles. The third kappa shape index (κ3) is 4.39. The molecule has 5 nitrogen and oxygen atoms in total. The van der Waals surface area contributed by atoms with Crippen LogP contribution in [0, 0.1) is 0 Å². The lowest BCUT2D eigenvalue weighted by molar-refractivity contribution is 0.121. The molecule has 0 N–H and O–H groups in total. The van der Waals surface area contributed by atoms with E-state index in [9.17, 15) is 4.79 Å². The Labute approximate surface area is 152 Å². The van der Waals surface area contributed by atoms with E-state index < -0.39 is 0 Å². The molecular weight excluding hydrogens is 336 g/mol. The first-order valence-electron chi connectivity index (χ1n) is 8.19. The van der Waals surface area contributed by atoms with Crippen LogP contribution in [0.15, 0.2) is 58.3 Å². The van der Waals surface area contributed by atoms with Gasteiger partial charge in [-0.2, -0.15) is 0 Å². The fraction of sp³-hybridized carbons (Fsp3) is 0.316. The summed E-state index contributed by atoms with van der Waals surface area (Å²) in [5, 5.41) is 0. The van der Waals surface area contributed by atoms with Crippen LogP contribution in [0.4, 0.5) is 10.5 Å². The Morgan fingerprint density at radius 3 is 2.32 bits per heavy atom. The van der Waals surface area contributed by atoms with Crippen LogP contribution < -0.4 is 9.64 Å². The quantitative estimate of drug-likeness (QED) is 0.833. The summed E-state index contributed by atoms with van der Waals surface area (Å²) in [7, 11) is 3.10. The number of hydrogen-bond donors (Lipinski definition) is 0. The van der Waals surface area contributed by atoms with Crippen molar-refractivity contribution in [1.29, 1.82) is 0 Å². The number of carbonyl (C=O) groups excluding carboxylic acids is 1. The minimum absolute atomic E-state index is 0.248. The zero-order valence-corrected chi connectivity index (χ0v) is 15.3. The van der Waals surface area contributed by atoms with Crippen molar-refractivity contribution in [2.45, 2.75) is 9.79 Å². The molecule has 3 rings (SSSR count). The average molecular weight is 358 g/mol. The molecule has 25 heavy (non-hydrogen) atoms.